The molecule has 2 aromatic rings. The highest BCUT2D eigenvalue weighted by Gasteiger charge is 2.18. The van der Waals surface area contributed by atoms with Crippen LogP contribution in [0, 0.1) is 16.4 Å². The van der Waals surface area contributed by atoms with Gasteiger partial charge in [-0.05, 0) is 53.1 Å². The number of aromatic nitrogens is 3. The van der Waals surface area contributed by atoms with Gasteiger partial charge in [-0.1, -0.05) is 31.2 Å². The summed E-state index contributed by atoms with van der Waals surface area (Å²) in [5.41, 5.74) is 2.13. The molecule has 112 valence electrons. The van der Waals surface area contributed by atoms with Crippen LogP contribution in [0.4, 0.5) is 0 Å². The molecule has 2 rings (SSSR count). The van der Waals surface area contributed by atoms with E-state index < -0.39 is 5.97 Å². The van der Waals surface area contributed by atoms with Gasteiger partial charge in [0.2, 0.25) is 0 Å². The van der Waals surface area contributed by atoms with Gasteiger partial charge in [0, 0.05) is 3.57 Å². The van der Waals surface area contributed by atoms with Gasteiger partial charge in [0.05, 0.1) is 18.8 Å². The van der Waals surface area contributed by atoms with Crippen molar-refractivity contribution in [3.8, 4) is 0 Å². The van der Waals surface area contributed by atoms with Crippen molar-refractivity contribution in [2.24, 2.45) is 5.92 Å². The van der Waals surface area contributed by atoms with E-state index in [1.807, 2.05) is 45.0 Å². The molecule has 1 aromatic carbocycles. The highest BCUT2D eigenvalue weighted by molar-refractivity contribution is 14.1. The molecule has 0 aliphatic heterocycles. The molecule has 0 radical (unpaired) electrons. The summed E-state index contributed by atoms with van der Waals surface area (Å²) in [6, 6.07) is 8.17. The third-order valence-corrected chi connectivity index (χ3v) is 3.69. The van der Waals surface area contributed by atoms with Crippen molar-refractivity contribution in [1.29, 1.82) is 0 Å². The largest absolute Gasteiger partial charge is 0.461 e. The van der Waals surface area contributed by atoms with Crippen LogP contribution in [0.15, 0.2) is 24.3 Å². The number of nitrogens with zero attached hydrogens (tertiary/aromatic N) is 3. The fraction of sp³-hybridized carbons (Fsp3) is 0.400. The molecule has 0 saturated carbocycles. The Kier molecular flexibility index (Phi) is 5.33. The quantitative estimate of drug-likeness (QED) is 0.573. The second kappa shape index (κ2) is 7.02. The number of carbonyl (C=O) groups is 1. The van der Waals surface area contributed by atoms with Crippen molar-refractivity contribution in [1.82, 2.24) is 15.0 Å². The number of ether oxygens (including phenoxy) is 1. The minimum absolute atomic E-state index is 0.293. The smallest absolute Gasteiger partial charge is 0.360 e. The molecule has 0 spiro atoms. The molecule has 5 nitrogen and oxygen atoms in total. The highest BCUT2D eigenvalue weighted by Crippen LogP contribution is 2.11. The van der Waals surface area contributed by atoms with Crippen LogP contribution >= 0.6 is 22.6 Å². The second-order valence-corrected chi connectivity index (χ2v) is 6.55. The average molecular weight is 399 g/mol. The molecule has 0 saturated heterocycles. The number of esters is 1. The molecule has 6 heteroatoms. The third kappa shape index (κ3) is 4.26. The summed E-state index contributed by atoms with van der Waals surface area (Å²) < 4.78 is 8.10. The third-order valence-electron chi connectivity index (χ3n) is 2.97. The van der Waals surface area contributed by atoms with Gasteiger partial charge in [-0.25, -0.2) is 9.48 Å². The lowest BCUT2D eigenvalue weighted by Crippen LogP contribution is -2.12. The number of carbonyl (C=O) groups excluding carboxylic acids is 1. The van der Waals surface area contributed by atoms with Crippen LogP contribution in [-0.4, -0.2) is 27.6 Å². The van der Waals surface area contributed by atoms with E-state index in [0.717, 1.165) is 11.3 Å². The van der Waals surface area contributed by atoms with E-state index in [9.17, 15) is 4.79 Å². The van der Waals surface area contributed by atoms with Crippen LogP contribution < -0.4 is 0 Å². The van der Waals surface area contributed by atoms with Gasteiger partial charge in [0.1, 0.15) is 0 Å². The first-order chi connectivity index (χ1) is 9.97. The summed E-state index contributed by atoms with van der Waals surface area (Å²) in [6.07, 6.45) is 0. The van der Waals surface area contributed by atoms with Crippen LogP contribution in [-0.2, 0) is 11.3 Å². The summed E-state index contributed by atoms with van der Waals surface area (Å²) in [7, 11) is 0. The molecule has 0 bridgehead atoms. The zero-order chi connectivity index (χ0) is 15.4. The van der Waals surface area contributed by atoms with Gasteiger partial charge >= 0.3 is 5.97 Å². The lowest BCUT2D eigenvalue weighted by Gasteiger charge is -2.06. The summed E-state index contributed by atoms with van der Waals surface area (Å²) in [5, 5.41) is 7.99. The summed E-state index contributed by atoms with van der Waals surface area (Å²) in [4.78, 5) is 11.9. The average Bonchev–Trinajstić information content (AvgIpc) is 2.80. The van der Waals surface area contributed by atoms with Gasteiger partial charge in [-0.3, -0.25) is 0 Å². The first kappa shape index (κ1) is 15.9. The molecule has 0 aliphatic carbocycles. The Hall–Kier alpha value is -1.44. The lowest BCUT2D eigenvalue weighted by molar-refractivity contribution is 0.0451. The molecule has 0 fully saturated rings. The van der Waals surface area contributed by atoms with Gasteiger partial charge in [-0.15, -0.1) is 5.10 Å². The second-order valence-electron chi connectivity index (χ2n) is 5.30. The maximum absolute atomic E-state index is 11.9. The van der Waals surface area contributed by atoms with E-state index in [1.54, 1.807) is 4.68 Å². The van der Waals surface area contributed by atoms with Crippen LogP contribution in [0.2, 0.25) is 0 Å². The molecular weight excluding hydrogens is 381 g/mol. The predicted molar refractivity (Wildman–Crippen MR) is 88.1 cm³/mol. The number of benzene rings is 1. The van der Waals surface area contributed by atoms with Crippen molar-refractivity contribution < 1.29 is 9.53 Å². The van der Waals surface area contributed by atoms with Crippen molar-refractivity contribution in [2.45, 2.75) is 27.3 Å². The van der Waals surface area contributed by atoms with E-state index in [2.05, 4.69) is 32.9 Å². The number of halogens is 1. The molecule has 0 amide bonds. The molecule has 0 unspecified atom stereocenters. The standard InChI is InChI=1S/C15H18IN3O2/c1-10(2)9-21-15(20)14-11(3)19(18-17-14)8-12-4-6-13(16)7-5-12/h4-7,10H,8-9H2,1-3H3. The molecule has 1 aromatic heterocycles. The van der Waals surface area contributed by atoms with Crippen LogP contribution in [0.1, 0.15) is 35.6 Å². The summed E-state index contributed by atoms with van der Waals surface area (Å²) in [6.45, 7) is 6.80. The minimum atomic E-state index is -0.407. The first-order valence-corrected chi connectivity index (χ1v) is 7.87. The van der Waals surface area contributed by atoms with Crippen LogP contribution in [0.25, 0.3) is 0 Å². The van der Waals surface area contributed by atoms with Gasteiger partial charge in [0.25, 0.3) is 0 Å². The van der Waals surface area contributed by atoms with E-state index in [4.69, 9.17) is 4.74 Å². The molecule has 0 atom stereocenters. The van der Waals surface area contributed by atoms with Gasteiger partial charge in [-0.2, -0.15) is 0 Å². The number of rotatable bonds is 5. The number of hydrogen-bond donors (Lipinski definition) is 0. The molecule has 21 heavy (non-hydrogen) atoms. The lowest BCUT2D eigenvalue weighted by atomic mass is 10.2. The zero-order valence-electron chi connectivity index (χ0n) is 12.3. The monoisotopic (exact) mass is 399 g/mol. The molecule has 0 aliphatic rings. The van der Waals surface area contributed by atoms with Gasteiger partial charge in [0.15, 0.2) is 5.69 Å². The van der Waals surface area contributed by atoms with Gasteiger partial charge < -0.3 is 4.74 Å². The minimum Gasteiger partial charge on any atom is -0.461 e. The Labute approximate surface area is 137 Å². The summed E-state index contributed by atoms with van der Waals surface area (Å²) in [5.74, 6) is -0.105. The molecule has 1 heterocycles. The van der Waals surface area contributed by atoms with Crippen molar-refractivity contribution in [3.05, 3.63) is 44.8 Å². The Morgan fingerprint density at radius 1 is 1.33 bits per heavy atom. The normalized spacial score (nSPS) is 10.9. The van der Waals surface area contributed by atoms with E-state index in [0.29, 0.717) is 24.8 Å². The van der Waals surface area contributed by atoms with E-state index in [-0.39, 0.29) is 0 Å². The number of hydrogen-bond acceptors (Lipinski definition) is 4. The summed E-state index contributed by atoms with van der Waals surface area (Å²) >= 11 is 2.27. The zero-order valence-corrected chi connectivity index (χ0v) is 14.5. The first-order valence-electron chi connectivity index (χ1n) is 6.79. The van der Waals surface area contributed by atoms with Crippen molar-refractivity contribution >= 4 is 28.6 Å². The Morgan fingerprint density at radius 3 is 2.62 bits per heavy atom. The maximum atomic E-state index is 11.9. The maximum Gasteiger partial charge on any atom is 0.360 e. The van der Waals surface area contributed by atoms with E-state index >= 15 is 0 Å². The van der Waals surface area contributed by atoms with E-state index in [1.165, 1.54) is 3.57 Å². The fourth-order valence-corrected chi connectivity index (χ4v) is 2.13. The SMILES string of the molecule is Cc1c(C(=O)OCC(C)C)nnn1Cc1ccc(I)cc1. The molecular formula is C15H18IN3O2. The molecule has 0 N–H and O–H groups in total. The van der Waals surface area contributed by atoms with Crippen molar-refractivity contribution in [3.63, 3.8) is 0 Å². The van der Waals surface area contributed by atoms with Crippen LogP contribution in [0.5, 0.6) is 0 Å². The Morgan fingerprint density at radius 2 is 2.00 bits per heavy atom. The Bertz CT molecular complexity index is 620. The highest BCUT2D eigenvalue weighted by atomic mass is 127. The Balaban J connectivity index is 2.09. The van der Waals surface area contributed by atoms with Crippen molar-refractivity contribution in [2.75, 3.05) is 6.61 Å². The fourth-order valence-electron chi connectivity index (χ4n) is 1.77. The topological polar surface area (TPSA) is 57.0 Å². The van der Waals surface area contributed by atoms with Crippen LogP contribution in [0.3, 0.4) is 0 Å². The predicted octanol–water partition coefficient (Wildman–Crippen LogP) is 3.05.